The maximum absolute atomic E-state index is 12.3. The van der Waals surface area contributed by atoms with Gasteiger partial charge < -0.3 is 25.1 Å². The molecule has 1 aliphatic carbocycles. The van der Waals surface area contributed by atoms with Crippen LogP contribution in [0.2, 0.25) is 0 Å². The van der Waals surface area contributed by atoms with Crippen molar-refractivity contribution in [3.8, 4) is 0 Å². The fourth-order valence-corrected chi connectivity index (χ4v) is 3.99. The van der Waals surface area contributed by atoms with Crippen LogP contribution in [-0.2, 0) is 14.3 Å². The second-order valence-electron chi connectivity index (χ2n) is 6.51. The Morgan fingerprint density at radius 3 is 2.68 bits per heavy atom. The summed E-state index contributed by atoms with van der Waals surface area (Å²) in [5, 5.41) is 23.7. The number of carbonyl (C=O) groups excluding carboxylic acids is 2. The number of carbonyl (C=O) groups is 2. The molecule has 2 heterocycles. The fraction of sp³-hybridized carbons (Fsp3) is 0.733. The van der Waals surface area contributed by atoms with Crippen molar-refractivity contribution in [2.75, 3.05) is 13.2 Å². The largest absolute Gasteiger partial charge is 1.00 e. The molecule has 22 heavy (non-hydrogen) atoms. The monoisotopic (exact) mass is 333 g/mol. The van der Waals surface area contributed by atoms with Crippen LogP contribution in [0.25, 0.3) is 0 Å². The van der Waals surface area contributed by atoms with Gasteiger partial charge in [-0.1, -0.05) is 12.2 Å². The van der Waals surface area contributed by atoms with E-state index in [-0.39, 0.29) is 57.3 Å². The van der Waals surface area contributed by atoms with E-state index in [1.807, 2.05) is 0 Å². The number of amides is 1. The maximum atomic E-state index is 12.3. The molecule has 2 bridgehead atoms. The van der Waals surface area contributed by atoms with Crippen molar-refractivity contribution >= 4 is 11.9 Å². The van der Waals surface area contributed by atoms with Gasteiger partial charge in [-0.2, -0.15) is 0 Å². The van der Waals surface area contributed by atoms with Gasteiger partial charge in [-0.25, -0.2) is 0 Å². The normalized spacial score (nSPS) is 36.6. The summed E-state index contributed by atoms with van der Waals surface area (Å²) in [6, 6.07) is 0. The zero-order chi connectivity index (χ0) is 15.2. The quantitative estimate of drug-likeness (QED) is 0.394. The average molecular weight is 333 g/mol. The fourth-order valence-electron chi connectivity index (χ4n) is 3.99. The Bertz CT molecular complexity index is 488. The molecule has 7 heteroatoms. The summed E-state index contributed by atoms with van der Waals surface area (Å²) in [6.07, 6.45) is 2.45. The molecule has 6 nitrogen and oxygen atoms in total. The number of fused-ring (bicyclic) bond motifs is 2. The Balaban J connectivity index is 0.00000176. The molecule has 2 N–H and O–H groups in total. The average Bonchev–Trinajstić information content (AvgIpc) is 2.98. The minimum atomic E-state index is -1.32. The van der Waals surface area contributed by atoms with Crippen LogP contribution in [-0.4, -0.2) is 41.8 Å². The minimum Gasteiger partial charge on any atom is -0.550 e. The first-order valence-electron chi connectivity index (χ1n) is 7.41. The Labute approximate surface area is 172 Å². The first kappa shape index (κ1) is 18.6. The number of hydrogen-bond donors (Lipinski definition) is 2. The number of carboxylic acid groups (broad SMARTS) is 1. The smallest absolute Gasteiger partial charge is 0.550 e. The zero-order valence-corrected chi connectivity index (χ0v) is 16.0. The van der Waals surface area contributed by atoms with Gasteiger partial charge in [0, 0.05) is 18.4 Å². The van der Waals surface area contributed by atoms with Crippen molar-refractivity contribution in [1.29, 1.82) is 0 Å². The molecule has 2 saturated heterocycles. The molecule has 0 radical (unpaired) electrons. The molecule has 0 aromatic carbocycles. The van der Waals surface area contributed by atoms with Crippen LogP contribution in [0.1, 0.15) is 25.7 Å². The summed E-state index contributed by atoms with van der Waals surface area (Å²) in [5.41, 5.74) is 0.0420. The summed E-state index contributed by atoms with van der Waals surface area (Å²) in [5.74, 6) is -3.06. The first-order valence-corrected chi connectivity index (χ1v) is 7.41. The van der Waals surface area contributed by atoms with E-state index in [2.05, 4.69) is 11.9 Å². The van der Waals surface area contributed by atoms with Gasteiger partial charge in [-0.3, -0.25) is 4.79 Å². The summed E-state index contributed by atoms with van der Waals surface area (Å²) < 4.78 is 5.64. The van der Waals surface area contributed by atoms with Gasteiger partial charge in [0.2, 0.25) is 5.91 Å². The van der Waals surface area contributed by atoms with Gasteiger partial charge >= 0.3 is 51.4 Å². The number of hydrogen-bond acceptors (Lipinski definition) is 5. The van der Waals surface area contributed by atoms with E-state index >= 15 is 0 Å². The summed E-state index contributed by atoms with van der Waals surface area (Å²) in [6.45, 7) is 4.00. The third kappa shape index (κ3) is 3.09. The Morgan fingerprint density at radius 2 is 2.14 bits per heavy atom. The summed E-state index contributed by atoms with van der Waals surface area (Å²) in [7, 11) is 0. The van der Waals surface area contributed by atoms with Crippen LogP contribution in [0.5, 0.6) is 0 Å². The number of rotatable bonds is 5. The molecule has 3 aliphatic rings. The van der Waals surface area contributed by atoms with E-state index in [4.69, 9.17) is 4.74 Å². The summed E-state index contributed by atoms with van der Waals surface area (Å²) in [4.78, 5) is 23.8. The Hall–Kier alpha value is 0.236. The predicted molar refractivity (Wildman–Crippen MR) is 70.8 cm³/mol. The van der Waals surface area contributed by atoms with E-state index in [0.29, 0.717) is 25.3 Å². The standard InChI is InChI=1S/C15H21NO5.K/c1-8-4-9(5-8)6-16-13(18)11-10-2-3-15(7-17,21-10)12(11)14(19)20;/h9-12,17H,1-7H2,(H,16,18)(H,19,20);/q;+1/p-1/t10-,11-,12+,15-;/m0./s1. The zero-order valence-electron chi connectivity index (χ0n) is 12.8. The van der Waals surface area contributed by atoms with Crippen LogP contribution >= 0.6 is 0 Å². The van der Waals surface area contributed by atoms with Gasteiger partial charge in [0.25, 0.3) is 0 Å². The predicted octanol–water partition coefficient (Wildman–Crippen LogP) is -4.02. The molecule has 3 fully saturated rings. The molecular weight excluding hydrogens is 313 g/mol. The molecule has 0 spiro atoms. The molecule has 1 amide bonds. The van der Waals surface area contributed by atoms with Crippen molar-refractivity contribution < 1.29 is 75.9 Å². The number of carboxylic acids is 1. The SMILES string of the molecule is C=C1CC(CNC(=O)[C@H]2[C@@H]3CC[C@@](CO)(O3)[C@H]2C(=O)[O-])C1.[K+]. The van der Waals surface area contributed by atoms with E-state index in [1.165, 1.54) is 5.57 Å². The van der Waals surface area contributed by atoms with Crippen molar-refractivity contribution in [2.45, 2.75) is 37.4 Å². The van der Waals surface area contributed by atoms with Gasteiger partial charge in [0.05, 0.1) is 18.6 Å². The van der Waals surface area contributed by atoms with Crippen LogP contribution in [0, 0.1) is 17.8 Å². The summed E-state index contributed by atoms with van der Waals surface area (Å²) >= 11 is 0. The molecule has 2 aliphatic heterocycles. The van der Waals surface area contributed by atoms with Crippen LogP contribution in [0.15, 0.2) is 12.2 Å². The molecule has 0 unspecified atom stereocenters. The van der Waals surface area contributed by atoms with Gasteiger partial charge in [-0.05, 0) is 31.6 Å². The molecule has 0 aromatic rings. The number of ether oxygens (including phenoxy) is 1. The number of aliphatic hydroxyl groups is 1. The van der Waals surface area contributed by atoms with E-state index in [9.17, 15) is 19.8 Å². The Kier molecular flexibility index (Phi) is 5.91. The van der Waals surface area contributed by atoms with Gasteiger partial charge in [0.15, 0.2) is 0 Å². The first-order chi connectivity index (χ1) is 9.97. The van der Waals surface area contributed by atoms with Crippen molar-refractivity contribution in [2.24, 2.45) is 17.8 Å². The van der Waals surface area contributed by atoms with Gasteiger partial charge in [-0.15, -0.1) is 0 Å². The number of aliphatic carboxylic acids is 1. The minimum absolute atomic E-state index is 0. The third-order valence-corrected chi connectivity index (χ3v) is 5.11. The van der Waals surface area contributed by atoms with E-state index in [1.54, 1.807) is 0 Å². The molecule has 0 aromatic heterocycles. The van der Waals surface area contributed by atoms with Crippen LogP contribution in [0.4, 0.5) is 0 Å². The maximum Gasteiger partial charge on any atom is 1.00 e. The number of nitrogens with one attached hydrogen (secondary N) is 1. The van der Waals surface area contributed by atoms with E-state index < -0.39 is 36.1 Å². The van der Waals surface area contributed by atoms with Crippen LogP contribution < -0.4 is 61.8 Å². The van der Waals surface area contributed by atoms with Crippen molar-refractivity contribution in [3.63, 3.8) is 0 Å². The van der Waals surface area contributed by atoms with Crippen molar-refractivity contribution in [3.05, 3.63) is 12.2 Å². The second kappa shape index (κ2) is 7.00. The van der Waals surface area contributed by atoms with E-state index in [0.717, 1.165) is 12.8 Å². The number of aliphatic hydroxyl groups excluding tert-OH is 1. The molecule has 1 saturated carbocycles. The van der Waals surface area contributed by atoms with Crippen LogP contribution in [0.3, 0.4) is 0 Å². The number of allylic oxidation sites excluding steroid dienone is 1. The van der Waals surface area contributed by atoms with Gasteiger partial charge in [0.1, 0.15) is 5.60 Å². The second-order valence-corrected chi connectivity index (χ2v) is 6.51. The molecule has 116 valence electrons. The Morgan fingerprint density at radius 1 is 1.45 bits per heavy atom. The topological polar surface area (TPSA) is 98.7 Å². The van der Waals surface area contributed by atoms with Crippen molar-refractivity contribution in [1.82, 2.24) is 5.32 Å². The molecular formula is C15H20KNO5. The third-order valence-electron chi connectivity index (χ3n) is 5.11. The molecule has 4 atom stereocenters. The molecule has 3 rings (SSSR count).